The Bertz CT molecular complexity index is 1820. The van der Waals surface area contributed by atoms with Gasteiger partial charge in [0.05, 0.1) is 6.54 Å². The number of ether oxygens (including phenoxy) is 1. The highest BCUT2D eigenvalue weighted by Crippen LogP contribution is 2.45. The maximum Gasteiger partial charge on any atom is 0.394 e. The summed E-state index contributed by atoms with van der Waals surface area (Å²) in [5.74, 6) is -1.51. The van der Waals surface area contributed by atoms with Crippen LogP contribution in [0.25, 0.3) is 11.1 Å². The van der Waals surface area contributed by atoms with Gasteiger partial charge in [0, 0.05) is 18.0 Å². The third-order valence-corrected chi connectivity index (χ3v) is 9.36. The number of hydrogen-bond acceptors (Lipinski definition) is 8. The Morgan fingerprint density at radius 2 is 1.86 bits per heavy atom. The van der Waals surface area contributed by atoms with Crippen molar-refractivity contribution in [3.63, 3.8) is 0 Å². The summed E-state index contributed by atoms with van der Waals surface area (Å²) >= 11 is 0. The lowest BCUT2D eigenvalue weighted by Gasteiger charge is -2.30. The molecule has 12 heteroatoms. The molecule has 3 aromatic carbocycles. The maximum atomic E-state index is 14.4. The van der Waals surface area contributed by atoms with E-state index in [1.165, 1.54) is 17.0 Å². The van der Waals surface area contributed by atoms with Gasteiger partial charge in [-0.3, -0.25) is 14.4 Å². The number of allylic oxidation sites excluding steroid dienone is 1. The van der Waals surface area contributed by atoms with Crippen LogP contribution in [-0.4, -0.2) is 57.9 Å². The number of amides is 3. The van der Waals surface area contributed by atoms with Crippen LogP contribution in [-0.2, 0) is 14.4 Å². The van der Waals surface area contributed by atoms with Gasteiger partial charge in [-0.15, -0.1) is 0 Å². The van der Waals surface area contributed by atoms with Crippen molar-refractivity contribution in [3.05, 3.63) is 96.8 Å². The third-order valence-electron chi connectivity index (χ3n) is 9.36. The van der Waals surface area contributed by atoms with E-state index in [0.717, 1.165) is 25.7 Å². The highest BCUT2D eigenvalue weighted by Gasteiger charge is 2.61. The van der Waals surface area contributed by atoms with Crippen molar-refractivity contribution in [1.29, 1.82) is 0 Å². The average Bonchev–Trinajstić information content (AvgIpc) is 3.41. The van der Waals surface area contributed by atoms with Gasteiger partial charge >= 0.3 is 6.08 Å². The van der Waals surface area contributed by atoms with Crippen molar-refractivity contribution in [1.82, 2.24) is 20.7 Å². The number of halogens is 1. The minimum absolute atomic E-state index is 0.0394. The van der Waals surface area contributed by atoms with Gasteiger partial charge in [0.15, 0.2) is 11.3 Å². The normalized spacial score (nSPS) is 26.3. The summed E-state index contributed by atoms with van der Waals surface area (Å²) in [7, 11) is 0. The van der Waals surface area contributed by atoms with E-state index < -0.39 is 41.4 Å². The Kier molecular flexibility index (Phi) is 9.19. The number of fused-ring (bicyclic) bond motifs is 3. The Morgan fingerprint density at radius 3 is 2.69 bits per heavy atom. The van der Waals surface area contributed by atoms with Crippen molar-refractivity contribution < 1.29 is 32.8 Å². The van der Waals surface area contributed by atoms with E-state index in [1.54, 1.807) is 48.5 Å². The zero-order valence-electron chi connectivity index (χ0n) is 26.8. The second-order valence-corrected chi connectivity index (χ2v) is 12.8. The van der Waals surface area contributed by atoms with Crippen LogP contribution in [0, 0.1) is 11.7 Å². The van der Waals surface area contributed by atoms with E-state index >= 15 is 0 Å². The van der Waals surface area contributed by atoms with Crippen LogP contribution in [0.15, 0.2) is 95.4 Å². The molecule has 0 bridgehead atoms. The molecule has 1 aromatic heterocycles. The lowest BCUT2D eigenvalue weighted by molar-refractivity contribution is -0.141. The summed E-state index contributed by atoms with van der Waals surface area (Å²) in [5.41, 5.74) is 2.91. The maximum absolute atomic E-state index is 14.4. The SMILES string of the molecule is O=C1N[C@]2(C(=O)NOc3ccccc3)C[C@H]2/C=C\CCCCC[C@H](Nc2cccc(F)c2)C(=O)N2C[C@H](Oc3nc4ccccc4o3)C[C@@H]12. The van der Waals surface area contributed by atoms with Crippen LogP contribution in [0.4, 0.5) is 10.1 Å². The van der Waals surface area contributed by atoms with E-state index in [4.69, 9.17) is 14.0 Å². The zero-order chi connectivity index (χ0) is 33.8. The number of hydrogen-bond donors (Lipinski definition) is 3. The molecule has 1 aliphatic carbocycles. The largest absolute Gasteiger partial charge is 0.445 e. The summed E-state index contributed by atoms with van der Waals surface area (Å²) in [5, 5.41) is 6.22. The number of carbonyl (C=O) groups is 3. The first-order valence-corrected chi connectivity index (χ1v) is 16.7. The van der Waals surface area contributed by atoms with Crippen molar-refractivity contribution >= 4 is 34.5 Å². The fourth-order valence-electron chi connectivity index (χ4n) is 6.67. The number of hydroxylamine groups is 1. The fourth-order valence-corrected chi connectivity index (χ4v) is 6.67. The molecule has 2 fully saturated rings. The molecule has 254 valence electrons. The van der Waals surface area contributed by atoms with Crippen molar-refractivity contribution in [3.8, 4) is 11.8 Å². The molecule has 2 aliphatic heterocycles. The molecule has 5 atom stereocenters. The van der Waals surface area contributed by atoms with Crippen LogP contribution < -0.4 is 25.7 Å². The Morgan fingerprint density at radius 1 is 1.02 bits per heavy atom. The first-order chi connectivity index (χ1) is 23.9. The van der Waals surface area contributed by atoms with E-state index in [2.05, 4.69) is 21.1 Å². The number of anilines is 1. The van der Waals surface area contributed by atoms with Crippen LogP contribution in [0.2, 0.25) is 0 Å². The molecule has 3 aliphatic rings. The molecule has 49 heavy (non-hydrogen) atoms. The average molecular weight is 668 g/mol. The molecule has 3 amide bonds. The van der Waals surface area contributed by atoms with Gasteiger partial charge < -0.3 is 29.5 Å². The number of oxazole rings is 1. The quantitative estimate of drug-likeness (QED) is 0.179. The Hall–Kier alpha value is -5.39. The van der Waals surface area contributed by atoms with E-state index in [-0.39, 0.29) is 30.9 Å². The standard InChI is InChI=1S/C37H38FN5O6/c38-25-13-11-14-26(20-25)39-30-18-8-3-1-2-5-12-24-22-37(24,35(46)42-49-27-15-6-4-7-16-27)41-33(44)31-21-28(23-43(31)34(30)45)47-36-40-29-17-9-10-19-32(29)48-36/h4-7,9-17,19-20,24,28,30-31,39H,1-3,8,18,21-23H2,(H,41,44)(H,42,46)/b12-5-/t24-,28-,30+,31+,37-/m1/s1. The van der Waals surface area contributed by atoms with Gasteiger partial charge in [-0.25, -0.2) is 4.39 Å². The summed E-state index contributed by atoms with van der Waals surface area (Å²) in [4.78, 5) is 53.7. The number of carbonyl (C=O) groups excluding carboxylic acids is 3. The molecule has 0 spiro atoms. The number of rotatable bonds is 7. The minimum Gasteiger partial charge on any atom is -0.445 e. The molecule has 3 N–H and O–H groups in total. The molecule has 1 saturated heterocycles. The molecule has 1 saturated carbocycles. The van der Waals surface area contributed by atoms with Crippen molar-refractivity contribution in [2.75, 3.05) is 11.9 Å². The summed E-state index contributed by atoms with van der Waals surface area (Å²) in [6.07, 6.45) is 7.73. The van der Waals surface area contributed by atoms with Crippen LogP contribution in [0.1, 0.15) is 44.9 Å². The molecular formula is C37H38FN5O6. The lowest BCUT2D eigenvalue weighted by atomic mass is 10.0. The second-order valence-electron chi connectivity index (χ2n) is 12.8. The summed E-state index contributed by atoms with van der Waals surface area (Å²) < 4.78 is 26.0. The lowest BCUT2D eigenvalue weighted by Crippen LogP contribution is -2.57. The van der Waals surface area contributed by atoms with Gasteiger partial charge in [0.25, 0.3) is 5.91 Å². The van der Waals surface area contributed by atoms with Gasteiger partial charge in [-0.05, 0) is 68.1 Å². The minimum atomic E-state index is -1.25. The number of nitrogens with zero attached hydrogens (tertiary/aromatic N) is 2. The highest BCUT2D eigenvalue weighted by atomic mass is 19.1. The van der Waals surface area contributed by atoms with Gasteiger partial charge in [-0.1, -0.05) is 61.4 Å². The Labute approximate surface area is 282 Å². The molecular weight excluding hydrogens is 629 g/mol. The Balaban J connectivity index is 1.16. The summed E-state index contributed by atoms with van der Waals surface area (Å²) in [6.45, 7) is 0.0800. The predicted molar refractivity (Wildman–Crippen MR) is 179 cm³/mol. The zero-order valence-corrected chi connectivity index (χ0v) is 26.8. The topological polar surface area (TPSA) is 135 Å². The number of nitrogens with one attached hydrogen (secondary N) is 3. The molecule has 3 heterocycles. The number of aromatic nitrogens is 1. The monoisotopic (exact) mass is 667 g/mol. The van der Waals surface area contributed by atoms with Gasteiger partial charge in [0.1, 0.15) is 35.1 Å². The fraction of sp³-hybridized carbons (Fsp3) is 0.351. The van der Waals surface area contributed by atoms with Gasteiger partial charge in [-0.2, -0.15) is 10.5 Å². The number of para-hydroxylation sites is 3. The molecule has 4 aromatic rings. The molecule has 7 rings (SSSR count). The van der Waals surface area contributed by atoms with E-state index in [0.29, 0.717) is 35.4 Å². The molecule has 0 unspecified atom stereocenters. The van der Waals surface area contributed by atoms with Crippen LogP contribution in [0.5, 0.6) is 11.8 Å². The smallest absolute Gasteiger partial charge is 0.394 e. The number of benzene rings is 3. The third kappa shape index (κ3) is 7.23. The first kappa shape index (κ1) is 32.2. The van der Waals surface area contributed by atoms with Gasteiger partial charge in [0.2, 0.25) is 11.8 Å². The second kappa shape index (κ2) is 14.0. The molecule has 0 radical (unpaired) electrons. The van der Waals surface area contributed by atoms with Crippen molar-refractivity contribution in [2.24, 2.45) is 5.92 Å². The summed E-state index contributed by atoms with van der Waals surface area (Å²) in [6, 6.07) is 20.4. The predicted octanol–water partition coefficient (Wildman–Crippen LogP) is 5.30. The van der Waals surface area contributed by atoms with Crippen LogP contribution >= 0.6 is 0 Å². The van der Waals surface area contributed by atoms with E-state index in [9.17, 15) is 18.8 Å². The van der Waals surface area contributed by atoms with Crippen LogP contribution in [0.3, 0.4) is 0 Å². The molecule has 11 nitrogen and oxygen atoms in total. The first-order valence-electron chi connectivity index (χ1n) is 16.7. The highest BCUT2D eigenvalue weighted by molar-refractivity contribution is 5.98. The van der Waals surface area contributed by atoms with Crippen molar-refractivity contribution in [2.45, 2.75) is 68.7 Å². The van der Waals surface area contributed by atoms with E-state index in [1.807, 2.05) is 30.4 Å².